The smallest absolute Gasteiger partial charge is 0.270 e. The van der Waals surface area contributed by atoms with E-state index in [-0.39, 0.29) is 17.4 Å². The minimum atomic E-state index is -0.463. The average molecular weight is 391 g/mol. The first-order chi connectivity index (χ1) is 14.0. The Kier molecular flexibility index (Phi) is 4.95. The third-order valence-corrected chi connectivity index (χ3v) is 5.01. The maximum atomic E-state index is 13.4. The van der Waals surface area contributed by atoms with Crippen molar-refractivity contribution in [1.29, 1.82) is 0 Å². The molecule has 7 heteroatoms. The van der Waals surface area contributed by atoms with E-state index < -0.39 is 4.92 Å². The van der Waals surface area contributed by atoms with Crippen molar-refractivity contribution in [3.8, 4) is 0 Å². The van der Waals surface area contributed by atoms with Crippen LogP contribution in [0.4, 0.5) is 10.1 Å². The van der Waals surface area contributed by atoms with Gasteiger partial charge in [0.15, 0.2) is 0 Å². The SMILES string of the molecule is O=C(/C=C/c1cccc([N+](=O)[O-])c1)N1CC=C(c2c[nH]c3cc(F)ccc23)CC1. The van der Waals surface area contributed by atoms with E-state index in [4.69, 9.17) is 0 Å². The van der Waals surface area contributed by atoms with E-state index in [0.717, 1.165) is 22.0 Å². The third kappa shape index (κ3) is 3.94. The molecule has 0 aliphatic carbocycles. The van der Waals surface area contributed by atoms with E-state index in [2.05, 4.69) is 4.98 Å². The van der Waals surface area contributed by atoms with Gasteiger partial charge in [0.1, 0.15) is 5.82 Å². The number of nitro groups is 1. The van der Waals surface area contributed by atoms with Crippen molar-refractivity contribution in [3.63, 3.8) is 0 Å². The molecule has 1 N–H and O–H groups in total. The van der Waals surface area contributed by atoms with Gasteiger partial charge in [-0.05, 0) is 41.8 Å². The molecule has 0 bridgehead atoms. The highest BCUT2D eigenvalue weighted by atomic mass is 19.1. The summed E-state index contributed by atoms with van der Waals surface area (Å²) in [6.07, 6.45) is 7.60. The summed E-state index contributed by atoms with van der Waals surface area (Å²) in [7, 11) is 0. The first kappa shape index (κ1) is 18.6. The number of halogens is 1. The fourth-order valence-corrected chi connectivity index (χ4v) is 3.49. The van der Waals surface area contributed by atoms with E-state index >= 15 is 0 Å². The summed E-state index contributed by atoms with van der Waals surface area (Å²) >= 11 is 0. The van der Waals surface area contributed by atoms with E-state index in [1.165, 1.54) is 30.3 Å². The van der Waals surface area contributed by atoms with Gasteiger partial charge in [-0.3, -0.25) is 14.9 Å². The Bertz CT molecular complexity index is 1160. The zero-order valence-corrected chi connectivity index (χ0v) is 15.5. The number of rotatable bonds is 4. The van der Waals surface area contributed by atoms with Crippen LogP contribution < -0.4 is 0 Å². The molecule has 0 radical (unpaired) electrons. The summed E-state index contributed by atoms with van der Waals surface area (Å²) in [4.78, 5) is 27.6. The lowest BCUT2D eigenvalue weighted by atomic mass is 9.99. The van der Waals surface area contributed by atoms with Crippen LogP contribution in [0.2, 0.25) is 0 Å². The molecule has 0 fully saturated rings. The Morgan fingerprint density at radius 3 is 2.86 bits per heavy atom. The predicted molar refractivity (Wildman–Crippen MR) is 110 cm³/mol. The summed E-state index contributed by atoms with van der Waals surface area (Å²) in [6.45, 7) is 1.04. The minimum absolute atomic E-state index is 0.0104. The molecule has 0 atom stereocenters. The summed E-state index contributed by atoms with van der Waals surface area (Å²) < 4.78 is 13.4. The largest absolute Gasteiger partial charge is 0.360 e. The molecule has 4 rings (SSSR count). The number of nitro benzene ring substituents is 1. The van der Waals surface area contributed by atoms with Crippen LogP contribution in [0.1, 0.15) is 17.5 Å². The van der Waals surface area contributed by atoms with Crippen LogP contribution in [0.3, 0.4) is 0 Å². The molecule has 3 aromatic rings. The lowest BCUT2D eigenvalue weighted by Crippen LogP contribution is -2.33. The van der Waals surface area contributed by atoms with Crippen molar-refractivity contribution in [3.05, 3.63) is 87.9 Å². The number of fused-ring (bicyclic) bond motifs is 1. The van der Waals surface area contributed by atoms with Crippen LogP contribution in [0.5, 0.6) is 0 Å². The first-order valence-electron chi connectivity index (χ1n) is 9.19. The summed E-state index contributed by atoms with van der Waals surface area (Å²) in [5, 5.41) is 11.8. The lowest BCUT2D eigenvalue weighted by molar-refractivity contribution is -0.384. The van der Waals surface area contributed by atoms with Gasteiger partial charge in [0.2, 0.25) is 5.91 Å². The highest BCUT2D eigenvalue weighted by molar-refractivity contribution is 5.95. The number of carbonyl (C=O) groups is 1. The van der Waals surface area contributed by atoms with Crippen molar-refractivity contribution in [2.45, 2.75) is 6.42 Å². The molecule has 0 saturated heterocycles. The highest BCUT2D eigenvalue weighted by Crippen LogP contribution is 2.29. The molecule has 1 aromatic heterocycles. The molecule has 29 heavy (non-hydrogen) atoms. The molecule has 1 aliphatic heterocycles. The van der Waals surface area contributed by atoms with Gasteiger partial charge in [-0.2, -0.15) is 0 Å². The maximum Gasteiger partial charge on any atom is 0.270 e. The summed E-state index contributed by atoms with van der Waals surface area (Å²) in [6, 6.07) is 10.8. The summed E-state index contributed by atoms with van der Waals surface area (Å²) in [5.41, 5.74) is 3.49. The van der Waals surface area contributed by atoms with Gasteiger partial charge in [0, 0.05) is 54.0 Å². The highest BCUT2D eigenvalue weighted by Gasteiger charge is 2.18. The van der Waals surface area contributed by atoms with Gasteiger partial charge in [0.05, 0.1) is 4.92 Å². The molecule has 1 amide bonds. The Morgan fingerprint density at radius 1 is 1.24 bits per heavy atom. The molecular formula is C22H18FN3O3. The van der Waals surface area contributed by atoms with Gasteiger partial charge in [0.25, 0.3) is 5.69 Å². The maximum absolute atomic E-state index is 13.4. The quantitative estimate of drug-likeness (QED) is 0.403. The van der Waals surface area contributed by atoms with Crippen LogP contribution in [-0.2, 0) is 4.79 Å². The number of nitrogens with zero attached hydrogens (tertiary/aromatic N) is 2. The lowest BCUT2D eigenvalue weighted by Gasteiger charge is -2.25. The number of non-ortho nitro benzene ring substituents is 1. The van der Waals surface area contributed by atoms with Crippen molar-refractivity contribution < 1.29 is 14.1 Å². The van der Waals surface area contributed by atoms with Crippen LogP contribution in [0.15, 0.2) is 60.8 Å². The van der Waals surface area contributed by atoms with Gasteiger partial charge < -0.3 is 9.88 Å². The van der Waals surface area contributed by atoms with Crippen LogP contribution in [-0.4, -0.2) is 33.8 Å². The fraction of sp³-hybridized carbons (Fsp3) is 0.136. The number of aromatic amines is 1. The second-order valence-electron chi connectivity index (χ2n) is 6.84. The van der Waals surface area contributed by atoms with Gasteiger partial charge in [-0.25, -0.2) is 4.39 Å². The Hall–Kier alpha value is -3.74. The predicted octanol–water partition coefficient (Wildman–Crippen LogP) is 4.54. The Balaban J connectivity index is 1.45. The molecule has 2 aromatic carbocycles. The van der Waals surface area contributed by atoms with E-state index in [1.54, 1.807) is 29.2 Å². The van der Waals surface area contributed by atoms with Gasteiger partial charge in [-0.1, -0.05) is 18.2 Å². The van der Waals surface area contributed by atoms with Gasteiger partial charge in [-0.15, -0.1) is 0 Å². The van der Waals surface area contributed by atoms with Crippen molar-refractivity contribution in [2.24, 2.45) is 0 Å². The normalized spacial score (nSPS) is 14.4. The molecule has 0 spiro atoms. The van der Waals surface area contributed by atoms with Crippen molar-refractivity contribution in [1.82, 2.24) is 9.88 Å². The van der Waals surface area contributed by atoms with E-state index in [0.29, 0.717) is 25.1 Å². The zero-order valence-electron chi connectivity index (χ0n) is 15.5. The molecule has 0 saturated carbocycles. The van der Waals surface area contributed by atoms with Crippen LogP contribution in [0.25, 0.3) is 22.6 Å². The second kappa shape index (κ2) is 7.71. The third-order valence-electron chi connectivity index (χ3n) is 5.01. The van der Waals surface area contributed by atoms with Crippen LogP contribution in [0, 0.1) is 15.9 Å². The minimum Gasteiger partial charge on any atom is -0.360 e. The second-order valence-corrected chi connectivity index (χ2v) is 6.84. The number of hydrogen-bond acceptors (Lipinski definition) is 3. The fourth-order valence-electron chi connectivity index (χ4n) is 3.49. The van der Waals surface area contributed by atoms with Crippen LogP contribution >= 0.6 is 0 Å². The molecule has 1 aliphatic rings. The van der Waals surface area contributed by atoms with Gasteiger partial charge >= 0.3 is 0 Å². The molecular weight excluding hydrogens is 373 g/mol. The number of amides is 1. The Labute approximate surface area is 166 Å². The molecule has 6 nitrogen and oxygen atoms in total. The van der Waals surface area contributed by atoms with E-state index in [1.807, 2.05) is 12.3 Å². The molecule has 0 unspecified atom stereocenters. The topological polar surface area (TPSA) is 79.2 Å². The Morgan fingerprint density at radius 2 is 2.10 bits per heavy atom. The van der Waals surface area contributed by atoms with E-state index in [9.17, 15) is 19.3 Å². The summed E-state index contributed by atoms with van der Waals surface area (Å²) in [5.74, 6) is -0.427. The number of hydrogen-bond donors (Lipinski definition) is 1. The standard InChI is InChI=1S/C22H18FN3O3/c23-17-5-6-19-20(14-24-21(19)13-17)16-8-10-25(11-9-16)22(27)7-4-15-2-1-3-18(12-15)26(28)29/h1-8,12-14,24H,9-11H2/b7-4+. The number of benzene rings is 2. The monoisotopic (exact) mass is 391 g/mol. The number of carbonyl (C=O) groups excluding carboxylic acids is 1. The van der Waals surface area contributed by atoms with Crippen molar-refractivity contribution in [2.75, 3.05) is 13.1 Å². The number of nitrogens with one attached hydrogen (secondary N) is 1. The molecule has 2 heterocycles. The number of H-pyrrole nitrogens is 1. The molecule has 146 valence electrons. The number of aromatic nitrogens is 1. The van der Waals surface area contributed by atoms with Crippen molar-refractivity contribution >= 4 is 34.1 Å². The first-order valence-corrected chi connectivity index (χ1v) is 9.19. The average Bonchev–Trinajstić information content (AvgIpc) is 3.15. The zero-order chi connectivity index (χ0) is 20.4.